The summed E-state index contributed by atoms with van der Waals surface area (Å²) < 4.78 is 50.5. The van der Waals surface area contributed by atoms with Crippen molar-refractivity contribution in [2.24, 2.45) is 0 Å². The molecule has 2 rings (SSSR count). The Kier molecular flexibility index (Phi) is 6.04. The zero-order valence-corrected chi connectivity index (χ0v) is 15.3. The highest BCUT2D eigenvalue weighted by Gasteiger charge is 2.28. The largest absolute Gasteiger partial charge is 0.493 e. The molecule has 0 bridgehead atoms. The van der Waals surface area contributed by atoms with Crippen molar-refractivity contribution in [3.63, 3.8) is 0 Å². The second-order valence-corrected chi connectivity index (χ2v) is 7.04. The number of carbonyl (C=O) groups is 1. The zero-order chi connectivity index (χ0) is 19.3. The number of hydrogen-bond acceptors (Lipinski definition) is 5. The summed E-state index contributed by atoms with van der Waals surface area (Å²) >= 11 is 0. The van der Waals surface area contributed by atoms with E-state index in [0.29, 0.717) is 5.75 Å². The quantitative estimate of drug-likeness (QED) is 0.789. The van der Waals surface area contributed by atoms with Crippen molar-refractivity contribution in [1.82, 2.24) is 5.32 Å². The summed E-state index contributed by atoms with van der Waals surface area (Å²) in [6.45, 7) is -0.460. The van der Waals surface area contributed by atoms with Crippen LogP contribution >= 0.6 is 0 Å². The maximum atomic E-state index is 13.2. The molecule has 26 heavy (non-hydrogen) atoms. The number of nitrogens with one attached hydrogen (secondary N) is 1. The Balaban J connectivity index is 2.54. The molecular weight excluding hydrogens is 363 g/mol. The van der Waals surface area contributed by atoms with Gasteiger partial charge >= 0.3 is 0 Å². The first-order valence-corrected chi connectivity index (χ1v) is 8.98. The topological polar surface area (TPSA) is 84.9 Å². The number of anilines is 1. The monoisotopic (exact) mass is 382 g/mol. The first kappa shape index (κ1) is 19.5. The van der Waals surface area contributed by atoms with Gasteiger partial charge in [-0.25, -0.2) is 12.8 Å². The molecule has 0 radical (unpaired) electrons. The highest BCUT2D eigenvalue weighted by Crippen LogP contribution is 2.32. The number of amides is 1. The van der Waals surface area contributed by atoms with Crippen LogP contribution in [0.4, 0.5) is 10.1 Å². The van der Waals surface area contributed by atoms with Gasteiger partial charge in [-0.15, -0.1) is 0 Å². The normalized spacial score (nSPS) is 10.9. The molecule has 0 aliphatic rings. The lowest BCUT2D eigenvalue weighted by Gasteiger charge is -2.24. The highest BCUT2D eigenvalue weighted by atomic mass is 32.2. The number of hydrogen-bond donors (Lipinski definition) is 1. The predicted octanol–water partition coefficient (Wildman–Crippen LogP) is 1.78. The van der Waals surface area contributed by atoms with E-state index in [2.05, 4.69) is 5.32 Å². The van der Waals surface area contributed by atoms with E-state index in [1.165, 1.54) is 51.6 Å². The van der Waals surface area contributed by atoms with E-state index in [-0.39, 0.29) is 16.3 Å². The molecule has 0 unspecified atom stereocenters. The number of rotatable bonds is 7. The second kappa shape index (κ2) is 8.05. The second-order valence-electron chi connectivity index (χ2n) is 5.18. The van der Waals surface area contributed by atoms with Crippen LogP contribution in [0.5, 0.6) is 11.5 Å². The van der Waals surface area contributed by atoms with Gasteiger partial charge in [0.25, 0.3) is 10.0 Å². The lowest BCUT2D eigenvalue weighted by atomic mass is 10.3. The van der Waals surface area contributed by atoms with E-state index in [4.69, 9.17) is 9.47 Å². The van der Waals surface area contributed by atoms with E-state index in [0.717, 1.165) is 16.4 Å². The number of benzene rings is 2. The first-order chi connectivity index (χ1) is 12.3. The van der Waals surface area contributed by atoms with E-state index in [1.807, 2.05) is 0 Å². The number of sulfonamides is 1. The average molecular weight is 382 g/mol. The van der Waals surface area contributed by atoms with Crippen LogP contribution in [0.3, 0.4) is 0 Å². The summed E-state index contributed by atoms with van der Waals surface area (Å²) in [6.07, 6.45) is 0. The molecule has 0 heterocycles. The molecule has 0 aliphatic heterocycles. The molecule has 2 aromatic rings. The van der Waals surface area contributed by atoms with Gasteiger partial charge in [-0.2, -0.15) is 0 Å². The number of likely N-dealkylation sites (N-methyl/N-ethyl adjacent to an activating group) is 1. The molecule has 2 aromatic carbocycles. The van der Waals surface area contributed by atoms with Gasteiger partial charge in [0.05, 0.1) is 24.8 Å². The minimum Gasteiger partial charge on any atom is -0.493 e. The summed E-state index contributed by atoms with van der Waals surface area (Å²) in [7, 11) is 0.100. The third-order valence-corrected chi connectivity index (χ3v) is 5.39. The molecule has 0 saturated carbocycles. The summed E-state index contributed by atoms with van der Waals surface area (Å²) in [5.74, 6) is -0.436. The Labute approximate surface area is 151 Å². The van der Waals surface area contributed by atoms with Gasteiger partial charge in [0.2, 0.25) is 5.91 Å². The minimum atomic E-state index is -4.12. The number of halogens is 1. The van der Waals surface area contributed by atoms with Crippen LogP contribution in [0, 0.1) is 5.82 Å². The maximum Gasteiger partial charge on any atom is 0.264 e. The minimum absolute atomic E-state index is 0.0941. The molecule has 1 amide bonds. The van der Waals surface area contributed by atoms with Crippen LogP contribution in [0.2, 0.25) is 0 Å². The van der Waals surface area contributed by atoms with Gasteiger partial charge in [-0.3, -0.25) is 9.10 Å². The van der Waals surface area contributed by atoms with Gasteiger partial charge < -0.3 is 14.8 Å². The van der Waals surface area contributed by atoms with Crippen molar-refractivity contribution < 1.29 is 27.1 Å². The van der Waals surface area contributed by atoms with Gasteiger partial charge in [-0.05, 0) is 36.4 Å². The van der Waals surface area contributed by atoms with E-state index >= 15 is 0 Å². The van der Waals surface area contributed by atoms with Gasteiger partial charge in [0.1, 0.15) is 12.4 Å². The van der Waals surface area contributed by atoms with Crippen molar-refractivity contribution in [3.8, 4) is 11.5 Å². The molecule has 0 aromatic heterocycles. The fourth-order valence-corrected chi connectivity index (χ4v) is 3.67. The van der Waals surface area contributed by atoms with Crippen LogP contribution in [0.15, 0.2) is 47.4 Å². The van der Waals surface area contributed by atoms with Gasteiger partial charge in [0, 0.05) is 13.1 Å². The predicted molar refractivity (Wildman–Crippen MR) is 94.5 cm³/mol. The Morgan fingerprint density at radius 1 is 1.08 bits per heavy atom. The summed E-state index contributed by atoms with van der Waals surface area (Å²) in [4.78, 5) is 11.7. The summed E-state index contributed by atoms with van der Waals surface area (Å²) in [5.41, 5.74) is 0.157. The molecule has 0 atom stereocenters. The van der Waals surface area contributed by atoms with Gasteiger partial charge in [-0.1, -0.05) is 0 Å². The van der Waals surface area contributed by atoms with Crippen LogP contribution in [-0.4, -0.2) is 42.1 Å². The fraction of sp³-hybridized carbons (Fsp3) is 0.235. The van der Waals surface area contributed by atoms with Gasteiger partial charge in [0.15, 0.2) is 11.5 Å². The molecule has 0 aliphatic carbocycles. The van der Waals surface area contributed by atoms with E-state index in [1.54, 1.807) is 0 Å². The van der Waals surface area contributed by atoms with Crippen molar-refractivity contribution >= 4 is 21.6 Å². The average Bonchev–Trinajstić information content (AvgIpc) is 2.65. The summed E-state index contributed by atoms with van der Waals surface area (Å²) in [6, 6.07) is 8.92. The van der Waals surface area contributed by atoms with E-state index < -0.39 is 28.3 Å². The van der Waals surface area contributed by atoms with Crippen LogP contribution in [0.25, 0.3) is 0 Å². The number of ether oxygens (including phenoxy) is 2. The highest BCUT2D eigenvalue weighted by molar-refractivity contribution is 7.92. The molecule has 140 valence electrons. The molecule has 0 fully saturated rings. The third-order valence-electron chi connectivity index (χ3n) is 3.62. The molecule has 0 saturated heterocycles. The van der Waals surface area contributed by atoms with Crippen LogP contribution < -0.4 is 19.1 Å². The Morgan fingerprint density at radius 2 is 1.69 bits per heavy atom. The molecule has 9 heteroatoms. The van der Waals surface area contributed by atoms with Crippen LogP contribution in [0.1, 0.15) is 0 Å². The number of nitrogens with zero attached hydrogens (tertiary/aromatic N) is 1. The van der Waals surface area contributed by atoms with Crippen molar-refractivity contribution in [2.45, 2.75) is 4.90 Å². The first-order valence-electron chi connectivity index (χ1n) is 7.54. The number of methoxy groups -OCH3 is 2. The SMILES string of the molecule is CNC(=O)CN(c1ccc(F)cc1)S(=O)(=O)c1ccc(OC)c(OC)c1. The molecule has 7 nitrogen and oxygen atoms in total. The standard InChI is InChI=1S/C17H19FN2O5S/c1-19-17(21)11-20(13-6-4-12(18)5-7-13)26(22,23)14-8-9-15(24-2)16(10-14)25-3/h4-10H,11H2,1-3H3,(H,19,21). The maximum absolute atomic E-state index is 13.2. The Bertz CT molecular complexity index is 885. The lowest BCUT2D eigenvalue weighted by Crippen LogP contribution is -2.39. The Morgan fingerprint density at radius 3 is 2.23 bits per heavy atom. The third kappa shape index (κ3) is 4.05. The Hall–Kier alpha value is -2.81. The fourth-order valence-electron chi connectivity index (χ4n) is 2.24. The van der Waals surface area contributed by atoms with Crippen molar-refractivity contribution in [1.29, 1.82) is 0 Å². The number of carbonyl (C=O) groups excluding carboxylic acids is 1. The van der Waals surface area contributed by atoms with Crippen molar-refractivity contribution in [2.75, 3.05) is 32.1 Å². The molecule has 1 N–H and O–H groups in total. The molecule has 0 spiro atoms. The zero-order valence-electron chi connectivity index (χ0n) is 14.5. The van der Waals surface area contributed by atoms with E-state index in [9.17, 15) is 17.6 Å². The smallest absolute Gasteiger partial charge is 0.264 e. The summed E-state index contributed by atoms with van der Waals surface area (Å²) in [5, 5.41) is 2.38. The molecular formula is C17H19FN2O5S. The van der Waals surface area contributed by atoms with Crippen molar-refractivity contribution in [3.05, 3.63) is 48.3 Å². The lowest BCUT2D eigenvalue weighted by molar-refractivity contribution is -0.119. The van der Waals surface area contributed by atoms with Crippen LogP contribution in [-0.2, 0) is 14.8 Å².